The Bertz CT molecular complexity index is 255. The van der Waals surface area contributed by atoms with E-state index in [-0.39, 0.29) is 0 Å². The third-order valence-electron chi connectivity index (χ3n) is 1.41. The molecule has 0 amide bonds. The van der Waals surface area contributed by atoms with E-state index in [0.717, 1.165) is 12.0 Å². The van der Waals surface area contributed by atoms with Gasteiger partial charge in [0.2, 0.25) is 0 Å². The molecule has 1 aromatic carbocycles. The monoisotopic (exact) mass is 148 g/mol. The van der Waals surface area contributed by atoms with Crippen LogP contribution < -0.4 is 4.90 Å². The highest BCUT2D eigenvalue weighted by atomic mass is 16.1. The van der Waals surface area contributed by atoms with Gasteiger partial charge in [-0.05, 0) is 6.07 Å². The van der Waals surface area contributed by atoms with E-state index in [1.807, 2.05) is 31.1 Å². The number of nitrogens with zero attached hydrogens (tertiary/aromatic N) is 1. The largest absolute Gasteiger partial charge is 0.377 e. The zero-order valence-electron chi connectivity index (χ0n) is 6.66. The molecule has 0 aliphatic carbocycles. The molecular weight excluding hydrogens is 138 g/mol. The van der Waals surface area contributed by atoms with Crippen LogP contribution in [0.15, 0.2) is 18.2 Å². The molecule has 0 heterocycles. The van der Waals surface area contributed by atoms with Crippen LogP contribution in [0.3, 0.4) is 0 Å². The molecule has 0 fully saturated rings. The van der Waals surface area contributed by atoms with Crippen LogP contribution in [0.25, 0.3) is 0 Å². The Morgan fingerprint density at radius 2 is 2.18 bits per heavy atom. The number of hydrogen-bond donors (Lipinski definition) is 0. The molecule has 0 unspecified atom stereocenters. The van der Waals surface area contributed by atoms with Gasteiger partial charge in [-0.3, -0.25) is 4.79 Å². The normalized spacial score (nSPS) is 9.27. The standard InChI is InChI=1S/C9H10NO/c1-10(2)9-5-3-4-8(6-9)7-11/h3-5,7H,1-2H3. The SMILES string of the molecule is CN(C)c1[c]c(C=O)ccc1. The fourth-order valence-electron chi connectivity index (χ4n) is 0.804. The Labute approximate surface area is 66.4 Å². The van der Waals surface area contributed by atoms with E-state index in [0.29, 0.717) is 5.56 Å². The predicted octanol–water partition coefficient (Wildman–Crippen LogP) is 1.37. The molecule has 0 saturated heterocycles. The van der Waals surface area contributed by atoms with E-state index in [2.05, 4.69) is 6.07 Å². The number of hydrogen-bond acceptors (Lipinski definition) is 2. The molecule has 1 radical (unpaired) electrons. The molecule has 0 saturated carbocycles. The second-order valence-electron chi connectivity index (χ2n) is 2.50. The first-order valence-corrected chi connectivity index (χ1v) is 3.39. The van der Waals surface area contributed by atoms with Gasteiger partial charge >= 0.3 is 0 Å². The van der Waals surface area contributed by atoms with Crippen molar-refractivity contribution < 1.29 is 4.79 Å². The highest BCUT2D eigenvalue weighted by Gasteiger charge is 1.95. The quantitative estimate of drug-likeness (QED) is 0.590. The van der Waals surface area contributed by atoms with Crippen molar-refractivity contribution >= 4 is 12.0 Å². The third-order valence-corrected chi connectivity index (χ3v) is 1.41. The summed E-state index contributed by atoms with van der Waals surface area (Å²) in [4.78, 5) is 12.2. The van der Waals surface area contributed by atoms with Crippen LogP contribution in [0.4, 0.5) is 5.69 Å². The zero-order valence-corrected chi connectivity index (χ0v) is 6.66. The molecule has 0 aromatic heterocycles. The van der Waals surface area contributed by atoms with Gasteiger partial charge in [-0.15, -0.1) is 0 Å². The minimum absolute atomic E-state index is 0.594. The van der Waals surface area contributed by atoms with Crippen LogP contribution in [0.2, 0.25) is 0 Å². The van der Waals surface area contributed by atoms with Crippen LogP contribution in [0.5, 0.6) is 0 Å². The first-order valence-electron chi connectivity index (χ1n) is 3.39. The summed E-state index contributed by atoms with van der Waals surface area (Å²) in [5.41, 5.74) is 1.52. The second kappa shape index (κ2) is 3.19. The van der Waals surface area contributed by atoms with Crippen molar-refractivity contribution in [1.29, 1.82) is 0 Å². The van der Waals surface area contributed by atoms with Crippen molar-refractivity contribution in [3.63, 3.8) is 0 Å². The summed E-state index contributed by atoms with van der Waals surface area (Å²) in [5.74, 6) is 0. The topological polar surface area (TPSA) is 20.3 Å². The van der Waals surface area contributed by atoms with Crippen molar-refractivity contribution in [2.75, 3.05) is 19.0 Å². The molecular formula is C9H10NO. The average Bonchev–Trinajstić information content (AvgIpc) is 2.05. The summed E-state index contributed by atoms with van der Waals surface area (Å²) < 4.78 is 0. The molecule has 0 atom stereocenters. The number of carbonyl (C=O) groups excluding carboxylic acids is 1. The Morgan fingerprint density at radius 3 is 2.73 bits per heavy atom. The molecule has 57 valence electrons. The lowest BCUT2D eigenvalue weighted by Gasteiger charge is -2.11. The smallest absolute Gasteiger partial charge is 0.150 e. The van der Waals surface area contributed by atoms with Crippen molar-refractivity contribution in [3.8, 4) is 0 Å². The van der Waals surface area contributed by atoms with Gasteiger partial charge < -0.3 is 4.90 Å². The van der Waals surface area contributed by atoms with E-state index in [9.17, 15) is 4.79 Å². The van der Waals surface area contributed by atoms with Crippen LogP contribution in [-0.4, -0.2) is 20.4 Å². The van der Waals surface area contributed by atoms with E-state index in [1.54, 1.807) is 6.07 Å². The highest BCUT2D eigenvalue weighted by molar-refractivity contribution is 5.76. The molecule has 0 N–H and O–H groups in total. The molecule has 0 bridgehead atoms. The number of benzene rings is 1. The molecule has 1 rings (SSSR count). The van der Waals surface area contributed by atoms with Gasteiger partial charge in [0.1, 0.15) is 0 Å². The van der Waals surface area contributed by atoms with Crippen LogP contribution >= 0.6 is 0 Å². The molecule has 0 aliphatic rings. The molecule has 11 heavy (non-hydrogen) atoms. The summed E-state index contributed by atoms with van der Waals surface area (Å²) in [6, 6.07) is 8.44. The van der Waals surface area contributed by atoms with E-state index < -0.39 is 0 Å². The predicted molar refractivity (Wildman–Crippen MR) is 45.0 cm³/mol. The molecule has 0 spiro atoms. The maximum absolute atomic E-state index is 10.3. The Hall–Kier alpha value is -1.31. The third kappa shape index (κ3) is 1.80. The highest BCUT2D eigenvalue weighted by Crippen LogP contribution is 2.10. The summed E-state index contributed by atoms with van der Waals surface area (Å²) in [7, 11) is 3.83. The minimum atomic E-state index is 0.594. The van der Waals surface area contributed by atoms with E-state index in [4.69, 9.17) is 0 Å². The van der Waals surface area contributed by atoms with E-state index in [1.165, 1.54) is 0 Å². The molecule has 2 nitrogen and oxygen atoms in total. The maximum Gasteiger partial charge on any atom is 0.150 e. The summed E-state index contributed by atoms with van der Waals surface area (Å²) in [6.07, 6.45) is 0.799. The van der Waals surface area contributed by atoms with Gasteiger partial charge in [-0.25, -0.2) is 0 Å². The second-order valence-corrected chi connectivity index (χ2v) is 2.50. The van der Waals surface area contributed by atoms with Crippen molar-refractivity contribution in [1.82, 2.24) is 0 Å². The maximum atomic E-state index is 10.3. The lowest BCUT2D eigenvalue weighted by atomic mass is 10.2. The van der Waals surface area contributed by atoms with Gasteiger partial charge in [0.05, 0.1) is 0 Å². The van der Waals surface area contributed by atoms with Crippen molar-refractivity contribution in [2.45, 2.75) is 0 Å². The lowest BCUT2D eigenvalue weighted by molar-refractivity contribution is 0.112. The van der Waals surface area contributed by atoms with Gasteiger partial charge in [0, 0.05) is 31.4 Å². The van der Waals surface area contributed by atoms with Crippen LogP contribution in [0.1, 0.15) is 10.4 Å². The van der Waals surface area contributed by atoms with Gasteiger partial charge in [0.15, 0.2) is 6.29 Å². The minimum Gasteiger partial charge on any atom is -0.377 e. The first kappa shape index (κ1) is 7.79. The number of rotatable bonds is 2. The Balaban J connectivity index is 3.00. The molecule has 1 aromatic rings. The van der Waals surface area contributed by atoms with Gasteiger partial charge in [0.25, 0.3) is 0 Å². The van der Waals surface area contributed by atoms with Crippen molar-refractivity contribution in [2.24, 2.45) is 0 Å². The molecule has 2 heteroatoms. The fraction of sp³-hybridized carbons (Fsp3) is 0.222. The summed E-state index contributed by atoms with van der Waals surface area (Å²) in [6.45, 7) is 0. The zero-order chi connectivity index (χ0) is 8.27. The Morgan fingerprint density at radius 1 is 1.45 bits per heavy atom. The average molecular weight is 148 g/mol. The lowest BCUT2D eigenvalue weighted by Crippen LogP contribution is -2.08. The Kier molecular flexibility index (Phi) is 2.26. The van der Waals surface area contributed by atoms with Gasteiger partial charge in [-0.1, -0.05) is 12.1 Å². The number of aldehydes is 1. The molecule has 0 aliphatic heterocycles. The number of anilines is 1. The van der Waals surface area contributed by atoms with E-state index >= 15 is 0 Å². The summed E-state index contributed by atoms with van der Waals surface area (Å²) >= 11 is 0. The first-order chi connectivity index (χ1) is 5.24. The summed E-state index contributed by atoms with van der Waals surface area (Å²) in [5, 5.41) is 0. The number of carbonyl (C=O) groups is 1. The van der Waals surface area contributed by atoms with Crippen LogP contribution in [0, 0.1) is 6.07 Å². The van der Waals surface area contributed by atoms with Crippen molar-refractivity contribution in [3.05, 3.63) is 29.8 Å². The fourth-order valence-corrected chi connectivity index (χ4v) is 0.804. The van der Waals surface area contributed by atoms with Gasteiger partial charge in [-0.2, -0.15) is 0 Å². The van der Waals surface area contributed by atoms with Crippen LogP contribution in [-0.2, 0) is 0 Å².